The van der Waals surface area contributed by atoms with Crippen molar-refractivity contribution in [2.24, 2.45) is 0 Å². The molecule has 1 aromatic carbocycles. The maximum atomic E-state index is 9.55. The van der Waals surface area contributed by atoms with E-state index >= 15 is 0 Å². The van der Waals surface area contributed by atoms with Crippen LogP contribution in [-0.2, 0) is 0 Å². The first kappa shape index (κ1) is 10.4. The summed E-state index contributed by atoms with van der Waals surface area (Å²) in [6.07, 6.45) is 0. The smallest absolute Gasteiger partial charge is 0.222 e. The van der Waals surface area contributed by atoms with E-state index in [1.54, 1.807) is 13.0 Å². The molecule has 84 valence electrons. The first-order valence-corrected chi connectivity index (χ1v) is 4.75. The fourth-order valence-electron chi connectivity index (χ4n) is 1.57. The lowest BCUT2D eigenvalue weighted by Gasteiger charge is -2.09. The van der Waals surface area contributed by atoms with Gasteiger partial charge in [0.05, 0.1) is 0 Å². The summed E-state index contributed by atoms with van der Waals surface area (Å²) >= 11 is 0. The molecule has 0 aliphatic carbocycles. The number of phenols is 2. The Morgan fingerprint density at radius 3 is 2.44 bits per heavy atom. The topological polar surface area (TPSA) is 92.5 Å². The average Bonchev–Trinajstić information content (AvgIpc) is 2.67. The van der Waals surface area contributed by atoms with Crippen molar-refractivity contribution in [1.82, 2.24) is 5.16 Å². The van der Waals surface area contributed by atoms with Crippen molar-refractivity contribution in [3.05, 3.63) is 23.3 Å². The second-order valence-electron chi connectivity index (χ2n) is 3.66. The van der Waals surface area contributed by atoms with E-state index in [-0.39, 0.29) is 17.4 Å². The largest absolute Gasteiger partial charge is 0.504 e. The number of aromatic hydroxyl groups is 2. The number of benzene rings is 1. The van der Waals surface area contributed by atoms with Gasteiger partial charge in [-0.15, -0.1) is 0 Å². The van der Waals surface area contributed by atoms with Gasteiger partial charge in [-0.05, 0) is 31.0 Å². The molecule has 0 unspecified atom stereocenters. The molecule has 0 aliphatic heterocycles. The van der Waals surface area contributed by atoms with E-state index < -0.39 is 0 Å². The maximum absolute atomic E-state index is 9.55. The summed E-state index contributed by atoms with van der Waals surface area (Å²) in [4.78, 5) is 0. The predicted molar refractivity (Wildman–Crippen MR) is 59.2 cm³/mol. The highest BCUT2D eigenvalue weighted by molar-refractivity contribution is 5.71. The van der Waals surface area contributed by atoms with Crippen LogP contribution in [0.4, 0.5) is 5.88 Å². The van der Waals surface area contributed by atoms with Crippen LogP contribution in [-0.4, -0.2) is 15.4 Å². The van der Waals surface area contributed by atoms with E-state index in [9.17, 15) is 10.2 Å². The van der Waals surface area contributed by atoms with Crippen LogP contribution in [0.25, 0.3) is 11.3 Å². The van der Waals surface area contributed by atoms with Gasteiger partial charge in [0, 0.05) is 11.6 Å². The SMILES string of the molecule is Cc1c(-c2cc(N)on2)cc(O)c(O)c1C. The molecular weight excluding hydrogens is 208 g/mol. The molecule has 1 heterocycles. The van der Waals surface area contributed by atoms with E-state index in [1.807, 2.05) is 6.92 Å². The number of nitrogen functional groups attached to an aromatic ring is 1. The summed E-state index contributed by atoms with van der Waals surface area (Å²) in [7, 11) is 0. The van der Waals surface area contributed by atoms with Crippen LogP contribution in [0.1, 0.15) is 11.1 Å². The number of anilines is 1. The molecule has 1 aromatic heterocycles. The van der Waals surface area contributed by atoms with Crippen LogP contribution >= 0.6 is 0 Å². The van der Waals surface area contributed by atoms with E-state index in [0.29, 0.717) is 16.8 Å². The van der Waals surface area contributed by atoms with Crippen LogP contribution in [0.3, 0.4) is 0 Å². The van der Waals surface area contributed by atoms with E-state index in [0.717, 1.165) is 5.56 Å². The number of rotatable bonds is 1. The van der Waals surface area contributed by atoms with Gasteiger partial charge in [-0.3, -0.25) is 0 Å². The Hall–Kier alpha value is -2.17. The van der Waals surface area contributed by atoms with Crippen LogP contribution in [0.15, 0.2) is 16.7 Å². The van der Waals surface area contributed by atoms with Crippen LogP contribution < -0.4 is 5.73 Å². The Kier molecular flexibility index (Phi) is 2.23. The summed E-state index contributed by atoms with van der Waals surface area (Å²) in [5.41, 5.74) is 8.09. The van der Waals surface area contributed by atoms with E-state index in [4.69, 9.17) is 10.3 Å². The van der Waals surface area contributed by atoms with Crippen LogP contribution in [0.5, 0.6) is 11.5 Å². The number of hydrogen-bond acceptors (Lipinski definition) is 5. The molecule has 0 spiro atoms. The highest BCUT2D eigenvalue weighted by atomic mass is 16.5. The Labute approximate surface area is 92.1 Å². The van der Waals surface area contributed by atoms with Gasteiger partial charge in [-0.2, -0.15) is 0 Å². The molecule has 0 aliphatic rings. The Bertz CT molecular complexity index is 546. The fraction of sp³-hybridized carbons (Fsp3) is 0.182. The second-order valence-corrected chi connectivity index (χ2v) is 3.66. The minimum absolute atomic E-state index is 0.113. The molecule has 2 aromatic rings. The molecule has 0 amide bonds. The Balaban J connectivity index is 2.66. The summed E-state index contributed by atoms with van der Waals surface area (Å²) in [6, 6.07) is 3.01. The highest BCUT2D eigenvalue weighted by Crippen LogP contribution is 2.37. The second kappa shape index (κ2) is 3.44. The summed E-state index contributed by atoms with van der Waals surface area (Å²) in [5, 5.41) is 22.8. The molecule has 0 fully saturated rings. The fourth-order valence-corrected chi connectivity index (χ4v) is 1.57. The summed E-state index contributed by atoms with van der Waals surface area (Å²) in [5.74, 6) is -0.0861. The zero-order valence-electron chi connectivity index (χ0n) is 8.98. The molecule has 5 nitrogen and oxygen atoms in total. The van der Waals surface area contributed by atoms with Crippen LogP contribution in [0.2, 0.25) is 0 Å². The predicted octanol–water partition coefficient (Wildman–Crippen LogP) is 1.95. The average molecular weight is 220 g/mol. The van der Waals surface area contributed by atoms with Gasteiger partial charge in [0.2, 0.25) is 5.88 Å². The number of aromatic nitrogens is 1. The van der Waals surface area contributed by atoms with Crippen molar-refractivity contribution in [2.75, 3.05) is 5.73 Å². The molecule has 4 N–H and O–H groups in total. The van der Waals surface area contributed by atoms with Crippen molar-refractivity contribution in [2.45, 2.75) is 13.8 Å². The van der Waals surface area contributed by atoms with Gasteiger partial charge in [-0.1, -0.05) is 5.16 Å². The minimum atomic E-state index is -0.181. The van der Waals surface area contributed by atoms with Crippen molar-refractivity contribution in [1.29, 1.82) is 0 Å². The van der Waals surface area contributed by atoms with E-state index in [2.05, 4.69) is 5.16 Å². The zero-order valence-corrected chi connectivity index (χ0v) is 8.98. The first-order valence-electron chi connectivity index (χ1n) is 4.75. The maximum Gasteiger partial charge on any atom is 0.222 e. The molecule has 2 rings (SSSR count). The van der Waals surface area contributed by atoms with Crippen molar-refractivity contribution in [3.63, 3.8) is 0 Å². The van der Waals surface area contributed by atoms with Crippen LogP contribution in [0, 0.1) is 13.8 Å². The standard InChI is InChI=1S/C11H12N2O3/c1-5-6(2)11(15)9(14)3-7(5)8-4-10(12)16-13-8/h3-4,14-15H,12H2,1-2H3. The van der Waals surface area contributed by atoms with Gasteiger partial charge in [-0.25, -0.2) is 0 Å². The first-order chi connectivity index (χ1) is 7.50. The highest BCUT2D eigenvalue weighted by Gasteiger charge is 2.14. The lowest BCUT2D eigenvalue weighted by Crippen LogP contribution is -1.89. The summed E-state index contributed by atoms with van der Waals surface area (Å²) in [6.45, 7) is 3.55. The monoisotopic (exact) mass is 220 g/mol. The van der Waals surface area contributed by atoms with Gasteiger partial charge in [0.15, 0.2) is 11.5 Å². The minimum Gasteiger partial charge on any atom is -0.504 e. The van der Waals surface area contributed by atoms with Gasteiger partial charge in [0.1, 0.15) is 5.69 Å². The lowest BCUT2D eigenvalue weighted by atomic mass is 9.99. The number of nitrogens with zero attached hydrogens (tertiary/aromatic N) is 1. The van der Waals surface area contributed by atoms with Crippen molar-refractivity contribution >= 4 is 5.88 Å². The zero-order chi connectivity index (χ0) is 11.9. The quantitative estimate of drug-likeness (QED) is 0.639. The Morgan fingerprint density at radius 1 is 1.19 bits per heavy atom. The number of hydrogen-bond donors (Lipinski definition) is 3. The molecule has 0 saturated heterocycles. The molecular formula is C11H12N2O3. The molecule has 0 bridgehead atoms. The normalized spacial score (nSPS) is 10.6. The van der Waals surface area contributed by atoms with Crippen molar-refractivity contribution < 1.29 is 14.7 Å². The van der Waals surface area contributed by atoms with Gasteiger partial charge in [0.25, 0.3) is 0 Å². The van der Waals surface area contributed by atoms with E-state index in [1.165, 1.54) is 6.07 Å². The molecule has 16 heavy (non-hydrogen) atoms. The molecule has 0 saturated carbocycles. The number of nitrogens with two attached hydrogens (primary N) is 1. The summed E-state index contributed by atoms with van der Waals surface area (Å²) < 4.78 is 4.77. The molecule has 0 radical (unpaired) electrons. The van der Waals surface area contributed by atoms with Gasteiger partial charge >= 0.3 is 0 Å². The third-order valence-corrected chi connectivity index (χ3v) is 2.65. The Morgan fingerprint density at radius 2 is 1.88 bits per heavy atom. The third kappa shape index (κ3) is 1.46. The molecule has 5 heteroatoms. The number of phenolic OH excluding ortho intramolecular Hbond substituents is 2. The third-order valence-electron chi connectivity index (χ3n) is 2.65. The van der Waals surface area contributed by atoms with Crippen molar-refractivity contribution in [3.8, 4) is 22.8 Å². The van der Waals surface area contributed by atoms with Gasteiger partial charge < -0.3 is 20.5 Å². The lowest BCUT2D eigenvalue weighted by molar-refractivity contribution is 0.400. The molecule has 0 atom stereocenters.